The average molecular weight is 563 g/mol. The predicted octanol–water partition coefficient (Wildman–Crippen LogP) is 7.75. The number of anilines is 2. The average Bonchev–Trinajstić information content (AvgIpc) is 3.03. The number of aromatic carboxylic acids is 1. The highest BCUT2D eigenvalue weighted by molar-refractivity contribution is 6.38. The second-order valence-corrected chi connectivity index (χ2v) is 10.2. The highest BCUT2D eigenvalue weighted by Crippen LogP contribution is 2.44. The largest absolute Gasteiger partial charge is 0.478 e. The molecule has 0 bridgehead atoms. The normalized spacial score (nSPS) is 11.3. The lowest BCUT2D eigenvalue weighted by molar-refractivity contribution is 0.0698. The van der Waals surface area contributed by atoms with Gasteiger partial charge in [-0.25, -0.2) is 4.79 Å². The zero-order valence-corrected chi connectivity index (χ0v) is 22.5. The van der Waals surface area contributed by atoms with Gasteiger partial charge in [-0.3, -0.25) is 14.4 Å². The Morgan fingerprint density at radius 3 is 1.37 bits per heavy atom. The van der Waals surface area contributed by atoms with E-state index < -0.39 is 11.9 Å². The number of para-hydroxylation sites is 2. The number of benzene rings is 7. The smallest absolute Gasteiger partial charge is 0.336 e. The minimum atomic E-state index is -1.15. The Hall–Kier alpha value is -6.08. The number of carboxylic acid groups (broad SMARTS) is 1. The van der Waals surface area contributed by atoms with Crippen LogP contribution in [0.1, 0.15) is 41.4 Å². The van der Waals surface area contributed by atoms with Gasteiger partial charge < -0.3 is 15.7 Å². The Bertz CT molecular complexity index is 2240. The first-order chi connectivity index (χ1) is 21.0. The lowest BCUT2D eigenvalue weighted by Gasteiger charge is -2.19. The van der Waals surface area contributed by atoms with E-state index in [1.807, 2.05) is 36.4 Å². The predicted molar refractivity (Wildman–Crippen MR) is 169 cm³/mol. The molecule has 206 valence electrons. The molecule has 7 aromatic carbocycles. The first-order valence-corrected chi connectivity index (χ1v) is 13.6. The molecule has 0 aliphatic carbocycles. The van der Waals surface area contributed by atoms with Crippen LogP contribution < -0.4 is 10.6 Å². The van der Waals surface area contributed by atoms with E-state index in [4.69, 9.17) is 0 Å². The molecule has 0 aliphatic heterocycles. The molecule has 2 amide bonds. The summed E-state index contributed by atoms with van der Waals surface area (Å²) in [7, 11) is 0. The zero-order chi connectivity index (χ0) is 29.7. The third-order valence-corrected chi connectivity index (χ3v) is 7.84. The third-order valence-electron chi connectivity index (χ3n) is 7.84. The maximum absolute atomic E-state index is 13.5. The van der Waals surface area contributed by atoms with Crippen molar-refractivity contribution in [2.24, 2.45) is 0 Å². The van der Waals surface area contributed by atoms with Crippen molar-refractivity contribution in [3.05, 3.63) is 131 Å². The standard InChI is InChI=1S/C36H22N2O5/c39-19-20-11-12-23-25-14-17-28(35(41)38-22-9-5-2-6-10-22)33-29(36(42)43)18-15-26(32(25)33)24-13-16-27(30(20)31(23)24)34(40)37-21-7-3-1-4-8-21/h1-19H,(H,37,40)(H,38,41)(H,42,43). The number of carbonyl (C=O) groups excluding carboxylic acids is 3. The Morgan fingerprint density at radius 2 is 0.907 bits per heavy atom. The van der Waals surface area contributed by atoms with Crippen molar-refractivity contribution >= 4 is 78.5 Å². The number of hydrogen-bond acceptors (Lipinski definition) is 4. The number of fused-ring (bicyclic) bond motifs is 2. The van der Waals surface area contributed by atoms with Gasteiger partial charge in [-0.1, -0.05) is 66.7 Å². The topological polar surface area (TPSA) is 113 Å². The van der Waals surface area contributed by atoms with Crippen molar-refractivity contribution in [2.75, 3.05) is 10.6 Å². The third kappa shape index (κ3) is 4.14. The molecule has 0 unspecified atom stereocenters. The molecule has 7 heteroatoms. The summed E-state index contributed by atoms with van der Waals surface area (Å²) in [5.74, 6) is -1.95. The molecule has 43 heavy (non-hydrogen) atoms. The molecule has 0 radical (unpaired) electrons. The van der Waals surface area contributed by atoms with Gasteiger partial charge in [-0.15, -0.1) is 0 Å². The summed E-state index contributed by atoms with van der Waals surface area (Å²) in [5.41, 5.74) is 2.14. The SMILES string of the molecule is O=Cc1ccc2c3ccc(C(=O)Nc4ccccc4)c4c(C(=O)O)ccc(c5ccc(C(=O)Nc6ccccc6)c1c52)c43. The van der Waals surface area contributed by atoms with E-state index >= 15 is 0 Å². The summed E-state index contributed by atoms with van der Waals surface area (Å²) in [5, 5.41) is 21.0. The van der Waals surface area contributed by atoms with Crippen molar-refractivity contribution < 1.29 is 24.3 Å². The number of hydrogen-bond donors (Lipinski definition) is 3. The summed E-state index contributed by atoms with van der Waals surface area (Å²) < 4.78 is 0. The maximum atomic E-state index is 13.5. The zero-order valence-electron chi connectivity index (χ0n) is 22.5. The van der Waals surface area contributed by atoms with Gasteiger partial charge >= 0.3 is 5.97 Å². The van der Waals surface area contributed by atoms with E-state index in [0.29, 0.717) is 54.8 Å². The molecule has 0 saturated carbocycles. The molecule has 0 heterocycles. The fourth-order valence-electron chi connectivity index (χ4n) is 6.01. The number of nitrogens with one attached hydrogen (secondary N) is 2. The van der Waals surface area contributed by atoms with Crippen LogP contribution in [0.2, 0.25) is 0 Å². The number of carbonyl (C=O) groups is 4. The van der Waals surface area contributed by atoms with Crippen molar-refractivity contribution in [3.63, 3.8) is 0 Å². The van der Waals surface area contributed by atoms with Crippen LogP contribution in [-0.4, -0.2) is 29.2 Å². The fourth-order valence-corrected chi connectivity index (χ4v) is 6.01. The highest BCUT2D eigenvalue weighted by Gasteiger charge is 2.24. The Kier molecular flexibility index (Phi) is 6.06. The quantitative estimate of drug-likeness (QED) is 0.109. The van der Waals surface area contributed by atoms with Crippen molar-refractivity contribution in [2.45, 2.75) is 0 Å². The van der Waals surface area contributed by atoms with Crippen molar-refractivity contribution in [1.29, 1.82) is 0 Å². The van der Waals surface area contributed by atoms with Gasteiger partial charge in [0, 0.05) is 38.8 Å². The lowest BCUT2D eigenvalue weighted by Crippen LogP contribution is -2.14. The molecule has 0 aliphatic rings. The number of rotatable bonds is 6. The van der Waals surface area contributed by atoms with Gasteiger partial charge in [-0.05, 0) is 74.8 Å². The number of carboxylic acids is 1. The van der Waals surface area contributed by atoms with Crippen LogP contribution in [0.3, 0.4) is 0 Å². The number of amides is 2. The first kappa shape index (κ1) is 25.9. The van der Waals surface area contributed by atoms with E-state index in [1.165, 1.54) is 6.07 Å². The molecule has 7 nitrogen and oxygen atoms in total. The van der Waals surface area contributed by atoms with Crippen LogP contribution in [0, 0.1) is 0 Å². The van der Waals surface area contributed by atoms with E-state index in [9.17, 15) is 24.3 Å². The Balaban J connectivity index is 1.53. The molecular formula is C36H22N2O5. The van der Waals surface area contributed by atoms with Crippen molar-refractivity contribution in [3.8, 4) is 0 Å². The van der Waals surface area contributed by atoms with E-state index in [0.717, 1.165) is 17.1 Å². The molecule has 0 fully saturated rings. The van der Waals surface area contributed by atoms with E-state index in [1.54, 1.807) is 66.7 Å². The first-order valence-electron chi connectivity index (χ1n) is 13.6. The molecule has 0 atom stereocenters. The Labute approximate surface area is 244 Å². The van der Waals surface area contributed by atoms with Gasteiger partial charge in [0.25, 0.3) is 11.8 Å². The summed E-state index contributed by atoms with van der Waals surface area (Å²) >= 11 is 0. The molecule has 0 aromatic heterocycles. The maximum Gasteiger partial charge on any atom is 0.336 e. The number of aldehydes is 1. The van der Waals surface area contributed by atoms with Gasteiger partial charge in [0.05, 0.1) is 5.56 Å². The summed E-state index contributed by atoms with van der Waals surface area (Å²) in [6.45, 7) is 0. The van der Waals surface area contributed by atoms with Gasteiger partial charge in [0.15, 0.2) is 6.29 Å². The monoisotopic (exact) mass is 562 g/mol. The molecule has 0 spiro atoms. The second-order valence-electron chi connectivity index (χ2n) is 10.2. The van der Waals surface area contributed by atoms with Crippen LogP contribution in [0.5, 0.6) is 0 Å². The van der Waals surface area contributed by atoms with Gasteiger partial charge in [0.1, 0.15) is 0 Å². The molecular weight excluding hydrogens is 540 g/mol. The molecule has 7 rings (SSSR count). The summed E-state index contributed by atoms with van der Waals surface area (Å²) in [4.78, 5) is 51.8. The second kappa shape index (κ2) is 10.1. The summed E-state index contributed by atoms with van der Waals surface area (Å²) in [6, 6.07) is 31.6. The lowest BCUT2D eigenvalue weighted by atomic mass is 9.84. The Morgan fingerprint density at radius 1 is 0.488 bits per heavy atom. The van der Waals surface area contributed by atoms with Crippen LogP contribution in [0.15, 0.2) is 109 Å². The van der Waals surface area contributed by atoms with Crippen LogP contribution in [0.25, 0.3) is 43.1 Å². The van der Waals surface area contributed by atoms with Crippen molar-refractivity contribution in [1.82, 2.24) is 0 Å². The molecule has 0 saturated heterocycles. The van der Waals surface area contributed by atoms with Crippen LogP contribution in [-0.2, 0) is 0 Å². The van der Waals surface area contributed by atoms with Gasteiger partial charge in [0.2, 0.25) is 0 Å². The molecule has 7 aromatic rings. The van der Waals surface area contributed by atoms with Crippen LogP contribution >= 0.6 is 0 Å². The minimum Gasteiger partial charge on any atom is -0.478 e. The van der Waals surface area contributed by atoms with Crippen LogP contribution in [0.4, 0.5) is 11.4 Å². The molecule has 3 N–H and O–H groups in total. The highest BCUT2D eigenvalue weighted by atomic mass is 16.4. The fraction of sp³-hybridized carbons (Fsp3) is 0. The van der Waals surface area contributed by atoms with E-state index in [-0.39, 0.29) is 17.0 Å². The van der Waals surface area contributed by atoms with Gasteiger partial charge in [-0.2, -0.15) is 0 Å². The van der Waals surface area contributed by atoms with E-state index in [2.05, 4.69) is 10.6 Å². The summed E-state index contributed by atoms with van der Waals surface area (Å²) in [6.07, 6.45) is 0.734. The minimum absolute atomic E-state index is 0.00174.